The average Bonchev–Trinajstić information content (AvgIpc) is 2.30. The van der Waals surface area contributed by atoms with E-state index in [0.29, 0.717) is 6.42 Å². The van der Waals surface area contributed by atoms with Crippen molar-refractivity contribution in [3.63, 3.8) is 0 Å². The number of alkyl halides is 3. The molecule has 20 heavy (non-hydrogen) atoms. The maximum absolute atomic E-state index is 12.1. The third-order valence-corrected chi connectivity index (χ3v) is 3.65. The molecule has 0 saturated carbocycles. The van der Waals surface area contributed by atoms with E-state index < -0.39 is 12.6 Å². The van der Waals surface area contributed by atoms with E-state index in [4.69, 9.17) is 0 Å². The van der Waals surface area contributed by atoms with Crippen molar-refractivity contribution in [3.05, 3.63) is 34.3 Å². The molecular formula is C15H21BrF3N. The van der Waals surface area contributed by atoms with Gasteiger partial charge in [0.2, 0.25) is 0 Å². The van der Waals surface area contributed by atoms with Crippen LogP contribution in [0.1, 0.15) is 38.7 Å². The highest BCUT2D eigenvalue weighted by molar-refractivity contribution is 9.10. The maximum atomic E-state index is 12.1. The number of nitrogens with one attached hydrogen (secondary N) is 1. The Hall–Kier alpha value is -0.550. The maximum Gasteiger partial charge on any atom is 0.389 e. The van der Waals surface area contributed by atoms with E-state index in [0.717, 1.165) is 10.9 Å². The second-order valence-corrected chi connectivity index (χ2v) is 6.22. The van der Waals surface area contributed by atoms with Crippen LogP contribution in [0, 0.1) is 0 Å². The third-order valence-electron chi connectivity index (χ3n) is 3.12. The van der Waals surface area contributed by atoms with Gasteiger partial charge >= 0.3 is 6.18 Å². The number of halogens is 4. The van der Waals surface area contributed by atoms with E-state index in [9.17, 15) is 13.2 Å². The molecule has 0 aliphatic rings. The summed E-state index contributed by atoms with van der Waals surface area (Å²) in [5.74, 6) is 0. The number of hydrogen-bond acceptors (Lipinski definition) is 1. The summed E-state index contributed by atoms with van der Waals surface area (Å²) in [5.41, 5.74) is 1.22. The Bertz CT molecular complexity index is 389. The Balaban J connectivity index is 2.27. The highest BCUT2D eigenvalue weighted by atomic mass is 79.9. The van der Waals surface area contributed by atoms with Crippen LogP contribution in [0.25, 0.3) is 0 Å². The van der Waals surface area contributed by atoms with E-state index >= 15 is 0 Å². The quantitative estimate of drug-likeness (QED) is 0.721. The third kappa shape index (κ3) is 7.90. The summed E-state index contributed by atoms with van der Waals surface area (Å²) in [6, 6.07) is 8.44. The fraction of sp³-hybridized carbons (Fsp3) is 0.600. The Kier molecular flexibility index (Phi) is 7.03. The van der Waals surface area contributed by atoms with Crippen LogP contribution in [-0.2, 0) is 6.42 Å². The van der Waals surface area contributed by atoms with Crippen molar-refractivity contribution in [3.8, 4) is 0 Å². The van der Waals surface area contributed by atoms with Crippen molar-refractivity contribution < 1.29 is 13.2 Å². The molecule has 114 valence electrons. The van der Waals surface area contributed by atoms with Crippen LogP contribution in [0.5, 0.6) is 0 Å². The summed E-state index contributed by atoms with van der Waals surface area (Å²) >= 11 is 3.39. The van der Waals surface area contributed by atoms with Crippen LogP contribution in [0.4, 0.5) is 13.2 Å². The molecule has 2 unspecified atom stereocenters. The van der Waals surface area contributed by atoms with Crippen molar-refractivity contribution in [1.82, 2.24) is 5.32 Å². The number of hydrogen-bond donors (Lipinski definition) is 1. The average molecular weight is 352 g/mol. The molecule has 0 aromatic heterocycles. The van der Waals surface area contributed by atoms with Crippen LogP contribution in [0.15, 0.2) is 28.7 Å². The van der Waals surface area contributed by atoms with Crippen molar-refractivity contribution in [2.75, 3.05) is 0 Å². The molecule has 0 bridgehead atoms. The summed E-state index contributed by atoms with van der Waals surface area (Å²) in [6.07, 6.45) is -3.13. The molecule has 1 nitrogen and oxygen atoms in total. The van der Waals surface area contributed by atoms with Gasteiger partial charge in [-0.15, -0.1) is 0 Å². The summed E-state index contributed by atoms with van der Waals surface area (Å²) in [5, 5.41) is 3.35. The normalized spacial score (nSPS) is 15.1. The Labute approximate surface area is 127 Å². The number of rotatable bonds is 7. The van der Waals surface area contributed by atoms with Gasteiger partial charge in [0.05, 0.1) is 0 Å². The van der Waals surface area contributed by atoms with Gasteiger partial charge in [0.25, 0.3) is 0 Å². The Morgan fingerprint density at radius 2 is 1.70 bits per heavy atom. The first-order valence-electron chi connectivity index (χ1n) is 6.83. The topological polar surface area (TPSA) is 12.0 Å². The molecule has 5 heteroatoms. The largest absolute Gasteiger partial charge is 0.389 e. The summed E-state index contributed by atoms with van der Waals surface area (Å²) < 4.78 is 37.2. The molecule has 0 saturated heterocycles. The fourth-order valence-corrected chi connectivity index (χ4v) is 2.48. The van der Waals surface area contributed by atoms with Crippen LogP contribution >= 0.6 is 15.9 Å². The first kappa shape index (κ1) is 17.5. The van der Waals surface area contributed by atoms with Crippen molar-refractivity contribution >= 4 is 15.9 Å². The van der Waals surface area contributed by atoms with Gasteiger partial charge in [-0.1, -0.05) is 28.1 Å². The molecule has 0 aliphatic carbocycles. The van der Waals surface area contributed by atoms with Gasteiger partial charge in [0.1, 0.15) is 0 Å². The molecule has 0 aliphatic heterocycles. The van der Waals surface area contributed by atoms with Gasteiger partial charge in [-0.05, 0) is 50.8 Å². The molecule has 1 rings (SSSR count). The van der Waals surface area contributed by atoms with E-state index in [1.165, 1.54) is 5.56 Å². The standard InChI is InChI=1S/C15H21BrF3N/c1-11(4-3-9-15(17,18)19)20-12(2)10-13-5-7-14(16)8-6-13/h5-8,11-12,20H,3-4,9-10H2,1-2H3. The van der Waals surface area contributed by atoms with E-state index in [-0.39, 0.29) is 18.5 Å². The van der Waals surface area contributed by atoms with E-state index in [1.54, 1.807) is 0 Å². The minimum absolute atomic E-state index is 0.0998. The minimum Gasteiger partial charge on any atom is -0.311 e. The van der Waals surface area contributed by atoms with E-state index in [2.05, 4.69) is 40.3 Å². The van der Waals surface area contributed by atoms with Crippen LogP contribution in [0.3, 0.4) is 0 Å². The highest BCUT2D eigenvalue weighted by Crippen LogP contribution is 2.22. The zero-order valence-corrected chi connectivity index (χ0v) is 13.4. The molecule has 1 aromatic rings. The van der Waals surface area contributed by atoms with Gasteiger partial charge in [-0.3, -0.25) is 0 Å². The summed E-state index contributed by atoms with van der Waals surface area (Å²) in [6.45, 7) is 4.00. The van der Waals surface area contributed by atoms with Crippen LogP contribution in [0.2, 0.25) is 0 Å². The second-order valence-electron chi connectivity index (χ2n) is 5.31. The van der Waals surface area contributed by atoms with Gasteiger partial charge in [-0.2, -0.15) is 13.2 Å². The lowest BCUT2D eigenvalue weighted by atomic mass is 10.1. The Morgan fingerprint density at radius 3 is 2.25 bits per heavy atom. The molecule has 1 N–H and O–H groups in total. The molecular weight excluding hydrogens is 331 g/mol. The molecule has 0 radical (unpaired) electrons. The van der Waals surface area contributed by atoms with Crippen LogP contribution < -0.4 is 5.32 Å². The zero-order valence-electron chi connectivity index (χ0n) is 11.8. The molecule has 0 heterocycles. The van der Waals surface area contributed by atoms with E-state index in [1.807, 2.05) is 19.1 Å². The molecule has 0 spiro atoms. The SMILES string of the molecule is CC(CCCC(F)(F)F)NC(C)Cc1ccc(Br)cc1. The second kappa shape index (κ2) is 8.03. The molecule has 0 amide bonds. The van der Waals surface area contributed by atoms with Crippen LogP contribution in [-0.4, -0.2) is 18.3 Å². The monoisotopic (exact) mass is 351 g/mol. The van der Waals surface area contributed by atoms with Gasteiger partial charge in [0.15, 0.2) is 0 Å². The van der Waals surface area contributed by atoms with Gasteiger partial charge < -0.3 is 5.32 Å². The fourth-order valence-electron chi connectivity index (χ4n) is 2.21. The lowest BCUT2D eigenvalue weighted by Gasteiger charge is -2.20. The van der Waals surface area contributed by atoms with Crippen molar-refractivity contribution in [1.29, 1.82) is 0 Å². The summed E-state index contributed by atoms with van der Waals surface area (Å²) in [4.78, 5) is 0. The lowest BCUT2D eigenvalue weighted by molar-refractivity contribution is -0.135. The lowest BCUT2D eigenvalue weighted by Crippen LogP contribution is -2.36. The first-order valence-corrected chi connectivity index (χ1v) is 7.63. The number of benzene rings is 1. The predicted molar refractivity (Wildman–Crippen MR) is 79.8 cm³/mol. The molecule has 1 aromatic carbocycles. The minimum atomic E-state index is -4.04. The summed E-state index contributed by atoms with van der Waals surface area (Å²) in [7, 11) is 0. The zero-order chi connectivity index (χ0) is 15.2. The van der Waals surface area contributed by atoms with Crippen molar-refractivity contribution in [2.24, 2.45) is 0 Å². The van der Waals surface area contributed by atoms with Gasteiger partial charge in [0, 0.05) is 23.0 Å². The Morgan fingerprint density at radius 1 is 1.10 bits per heavy atom. The van der Waals surface area contributed by atoms with Crippen molar-refractivity contribution in [2.45, 2.75) is 57.8 Å². The highest BCUT2D eigenvalue weighted by Gasteiger charge is 2.26. The smallest absolute Gasteiger partial charge is 0.311 e. The first-order chi connectivity index (χ1) is 9.26. The molecule has 2 atom stereocenters. The van der Waals surface area contributed by atoms with Gasteiger partial charge in [-0.25, -0.2) is 0 Å². The molecule has 0 fully saturated rings. The predicted octanol–water partition coefficient (Wildman–Crippen LogP) is 5.09.